The summed E-state index contributed by atoms with van der Waals surface area (Å²) in [5, 5.41) is 14.9. The van der Waals surface area contributed by atoms with Gasteiger partial charge in [-0.05, 0) is 35.9 Å². The zero-order valence-electron chi connectivity index (χ0n) is 13.4. The number of carbonyl (C=O) groups is 1. The van der Waals surface area contributed by atoms with E-state index in [9.17, 15) is 4.79 Å². The summed E-state index contributed by atoms with van der Waals surface area (Å²) >= 11 is 0. The molecule has 0 saturated carbocycles. The Morgan fingerprint density at radius 1 is 1.00 bits per heavy atom. The molecule has 1 aromatic heterocycles. The van der Waals surface area contributed by atoms with Crippen LogP contribution in [0.2, 0.25) is 0 Å². The minimum absolute atomic E-state index is 0.220. The zero-order chi connectivity index (χ0) is 17.5. The number of aromatic nitrogens is 1. The molecular weight excluding hydrogens is 312 g/mol. The number of benzene rings is 2. The maximum Gasteiger partial charge on any atom is 0.270 e. The second-order valence-electron chi connectivity index (χ2n) is 5.42. The van der Waals surface area contributed by atoms with E-state index >= 15 is 0 Å². The highest BCUT2D eigenvalue weighted by Gasteiger charge is 2.07. The van der Waals surface area contributed by atoms with Crippen LogP contribution in [0.4, 0.5) is 11.4 Å². The lowest BCUT2D eigenvalue weighted by molar-refractivity contribution is 0.0946. The van der Waals surface area contributed by atoms with E-state index in [1.165, 1.54) is 0 Å². The third kappa shape index (κ3) is 4.43. The highest BCUT2D eigenvalue weighted by atomic mass is 16.1. The Hall–Kier alpha value is -3.65. The van der Waals surface area contributed by atoms with Crippen LogP contribution in [0.25, 0.3) is 0 Å². The largest absolute Gasteiger partial charge is 0.354 e. The van der Waals surface area contributed by atoms with E-state index in [-0.39, 0.29) is 5.91 Å². The summed E-state index contributed by atoms with van der Waals surface area (Å²) < 4.78 is 0. The summed E-state index contributed by atoms with van der Waals surface area (Å²) in [6.45, 7) is 0.461. The van der Waals surface area contributed by atoms with Gasteiger partial charge < -0.3 is 10.6 Å². The average molecular weight is 328 g/mol. The van der Waals surface area contributed by atoms with E-state index < -0.39 is 0 Å². The standard InChI is InChI=1S/C20H16N4O/c21-12-16-7-4-8-17(11-16)24-18-9-10-19(22-14-18)20(25)23-13-15-5-2-1-3-6-15/h1-11,14,24H,13H2,(H,23,25). The minimum atomic E-state index is -0.220. The average Bonchev–Trinajstić information content (AvgIpc) is 2.67. The fourth-order valence-corrected chi connectivity index (χ4v) is 2.30. The molecule has 0 atom stereocenters. The van der Waals surface area contributed by atoms with Crippen molar-refractivity contribution >= 4 is 17.3 Å². The number of rotatable bonds is 5. The number of nitrogens with zero attached hydrogens (tertiary/aromatic N) is 2. The fraction of sp³-hybridized carbons (Fsp3) is 0.0500. The number of carbonyl (C=O) groups excluding carboxylic acids is 1. The number of hydrogen-bond donors (Lipinski definition) is 2. The highest BCUT2D eigenvalue weighted by Crippen LogP contribution is 2.17. The Labute approximate surface area is 146 Å². The van der Waals surface area contributed by atoms with Gasteiger partial charge in [0.15, 0.2) is 0 Å². The predicted octanol–water partition coefficient (Wildman–Crippen LogP) is 3.63. The molecule has 0 aliphatic heterocycles. The number of nitriles is 1. The Kier molecular flexibility index (Phi) is 5.03. The van der Waals surface area contributed by atoms with Gasteiger partial charge in [0.1, 0.15) is 5.69 Å². The van der Waals surface area contributed by atoms with E-state index in [2.05, 4.69) is 21.7 Å². The van der Waals surface area contributed by atoms with Gasteiger partial charge in [-0.15, -0.1) is 0 Å². The first kappa shape index (κ1) is 16.2. The topological polar surface area (TPSA) is 77.8 Å². The Bertz CT molecular complexity index is 899. The van der Waals surface area contributed by atoms with Gasteiger partial charge >= 0.3 is 0 Å². The van der Waals surface area contributed by atoms with Crippen LogP contribution in [0, 0.1) is 11.3 Å². The van der Waals surface area contributed by atoms with Gasteiger partial charge in [0.25, 0.3) is 5.91 Å². The first-order valence-corrected chi connectivity index (χ1v) is 7.80. The number of amides is 1. The molecule has 2 aromatic carbocycles. The zero-order valence-corrected chi connectivity index (χ0v) is 13.4. The van der Waals surface area contributed by atoms with Crippen LogP contribution >= 0.6 is 0 Å². The quantitative estimate of drug-likeness (QED) is 0.750. The van der Waals surface area contributed by atoms with Gasteiger partial charge in [-0.2, -0.15) is 5.26 Å². The van der Waals surface area contributed by atoms with Crippen LogP contribution in [0.5, 0.6) is 0 Å². The van der Waals surface area contributed by atoms with Crippen LogP contribution < -0.4 is 10.6 Å². The molecule has 0 unspecified atom stereocenters. The van der Waals surface area contributed by atoms with E-state index in [4.69, 9.17) is 5.26 Å². The van der Waals surface area contributed by atoms with Crippen molar-refractivity contribution in [1.29, 1.82) is 5.26 Å². The van der Waals surface area contributed by atoms with Crippen LogP contribution in [0.1, 0.15) is 21.6 Å². The van der Waals surface area contributed by atoms with Crippen LogP contribution in [-0.2, 0) is 6.54 Å². The first-order valence-electron chi connectivity index (χ1n) is 7.80. The number of anilines is 2. The normalized spacial score (nSPS) is 9.88. The Morgan fingerprint density at radius 3 is 2.56 bits per heavy atom. The van der Waals surface area contributed by atoms with Crippen LogP contribution in [0.15, 0.2) is 72.9 Å². The molecule has 25 heavy (non-hydrogen) atoms. The molecule has 0 aliphatic rings. The van der Waals surface area contributed by atoms with Crippen molar-refractivity contribution in [3.05, 3.63) is 89.7 Å². The van der Waals surface area contributed by atoms with Crippen molar-refractivity contribution in [3.63, 3.8) is 0 Å². The van der Waals surface area contributed by atoms with Crippen LogP contribution in [0.3, 0.4) is 0 Å². The van der Waals surface area contributed by atoms with Crippen molar-refractivity contribution in [3.8, 4) is 6.07 Å². The summed E-state index contributed by atoms with van der Waals surface area (Å²) in [4.78, 5) is 16.3. The Morgan fingerprint density at radius 2 is 1.84 bits per heavy atom. The molecule has 0 spiro atoms. The Balaban J connectivity index is 1.61. The van der Waals surface area contributed by atoms with Gasteiger partial charge in [-0.1, -0.05) is 36.4 Å². The molecule has 122 valence electrons. The van der Waals surface area contributed by atoms with Gasteiger partial charge in [0, 0.05) is 12.2 Å². The maximum absolute atomic E-state index is 12.1. The maximum atomic E-state index is 12.1. The number of hydrogen-bond acceptors (Lipinski definition) is 4. The molecule has 2 N–H and O–H groups in total. The monoisotopic (exact) mass is 328 g/mol. The van der Waals surface area contributed by atoms with Gasteiger partial charge in [-0.3, -0.25) is 4.79 Å². The molecule has 3 aromatic rings. The summed E-state index contributed by atoms with van der Waals surface area (Å²) in [7, 11) is 0. The first-order chi connectivity index (χ1) is 12.2. The molecule has 1 amide bonds. The summed E-state index contributed by atoms with van der Waals surface area (Å²) in [5.41, 5.74) is 3.51. The predicted molar refractivity (Wildman–Crippen MR) is 96.3 cm³/mol. The molecule has 0 aliphatic carbocycles. The van der Waals surface area contributed by atoms with E-state index in [1.807, 2.05) is 36.4 Å². The SMILES string of the molecule is N#Cc1cccc(Nc2ccc(C(=O)NCc3ccccc3)nc2)c1. The highest BCUT2D eigenvalue weighted by molar-refractivity contribution is 5.92. The molecule has 1 heterocycles. The number of pyridine rings is 1. The van der Waals surface area contributed by atoms with E-state index in [1.54, 1.807) is 36.5 Å². The lowest BCUT2D eigenvalue weighted by atomic mass is 10.2. The van der Waals surface area contributed by atoms with E-state index in [0.717, 1.165) is 16.9 Å². The number of nitrogens with one attached hydrogen (secondary N) is 2. The molecule has 0 saturated heterocycles. The van der Waals surface area contributed by atoms with Gasteiger partial charge in [-0.25, -0.2) is 4.98 Å². The third-order valence-electron chi connectivity index (χ3n) is 3.57. The van der Waals surface area contributed by atoms with Crippen molar-refractivity contribution in [2.24, 2.45) is 0 Å². The van der Waals surface area contributed by atoms with Gasteiger partial charge in [0.2, 0.25) is 0 Å². The smallest absolute Gasteiger partial charge is 0.270 e. The van der Waals surface area contributed by atoms with Crippen molar-refractivity contribution < 1.29 is 4.79 Å². The lowest BCUT2D eigenvalue weighted by Crippen LogP contribution is -2.23. The van der Waals surface area contributed by atoms with Crippen LogP contribution in [-0.4, -0.2) is 10.9 Å². The third-order valence-corrected chi connectivity index (χ3v) is 3.57. The fourth-order valence-electron chi connectivity index (χ4n) is 2.30. The summed E-state index contributed by atoms with van der Waals surface area (Å²) in [6, 6.07) is 22.4. The van der Waals surface area contributed by atoms with Crippen molar-refractivity contribution in [1.82, 2.24) is 10.3 Å². The van der Waals surface area contributed by atoms with E-state index in [0.29, 0.717) is 17.8 Å². The molecule has 3 rings (SSSR count). The second-order valence-corrected chi connectivity index (χ2v) is 5.42. The molecule has 0 fully saturated rings. The molecule has 0 bridgehead atoms. The minimum Gasteiger partial charge on any atom is -0.354 e. The summed E-state index contributed by atoms with van der Waals surface area (Å²) in [6.07, 6.45) is 1.59. The molecule has 5 nitrogen and oxygen atoms in total. The van der Waals surface area contributed by atoms with Gasteiger partial charge in [0.05, 0.1) is 23.5 Å². The van der Waals surface area contributed by atoms with Crippen molar-refractivity contribution in [2.75, 3.05) is 5.32 Å². The molecule has 0 radical (unpaired) electrons. The lowest BCUT2D eigenvalue weighted by Gasteiger charge is -2.08. The summed E-state index contributed by atoms with van der Waals surface area (Å²) in [5.74, 6) is -0.220. The second kappa shape index (κ2) is 7.75. The molecular formula is C20H16N4O. The van der Waals surface area contributed by atoms with Crippen molar-refractivity contribution in [2.45, 2.75) is 6.54 Å². The molecule has 5 heteroatoms.